The molecule has 0 fully saturated rings. The number of carbonyl (C=O) groups is 1. The molecule has 6 nitrogen and oxygen atoms in total. The Morgan fingerprint density at radius 3 is 2.28 bits per heavy atom. The van der Waals surface area contributed by atoms with E-state index in [2.05, 4.69) is 0 Å². The molecule has 0 saturated heterocycles. The standard InChI is InChI=1S/C12H25NO5/c1-12(2,3)10(9-18-11(13)14)17-8-7-16-6-5-15-4/h10H,5-9H2,1-4H3,(H2,13,14). The summed E-state index contributed by atoms with van der Waals surface area (Å²) in [6, 6.07) is 0. The van der Waals surface area contributed by atoms with E-state index < -0.39 is 6.09 Å². The largest absolute Gasteiger partial charge is 0.447 e. The van der Waals surface area contributed by atoms with Gasteiger partial charge in [-0.15, -0.1) is 0 Å². The third kappa shape index (κ3) is 9.21. The summed E-state index contributed by atoms with van der Waals surface area (Å²) in [5, 5.41) is 0. The van der Waals surface area contributed by atoms with Crippen LogP contribution in [-0.4, -0.2) is 52.3 Å². The van der Waals surface area contributed by atoms with Gasteiger partial charge in [0.15, 0.2) is 0 Å². The normalized spacial score (nSPS) is 13.3. The molecular formula is C12H25NO5. The molecule has 6 heteroatoms. The van der Waals surface area contributed by atoms with Gasteiger partial charge in [0.1, 0.15) is 6.61 Å². The lowest BCUT2D eigenvalue weighted by molar-refractivity contribution is -0.0712. The first kappa shape index (κ1) is 17.2. The summed E-state index contributed by atoms with van der Waals surface area (Å²) in [5.41, 5.74) is 4.80. The summed E-state index contributed by atoms with van der Waals surface area (Å²) >= 11 is 0. The molecule has 1 atom stereocenters. The van der Waals surface area contributed by atoms with Gasteiger partial charge in [0.2, 0.25) is 0 Å². The molecule has 0 aromatic rings. The molecule has 0 aliphatic rings. The molecular weight excluding hydrogens is 238 g/mol. The third-order valence-electron chi connectivity index (χ3n) is 2.32. The number of methoxy groups -OCH3 is 1. The molecule has 1 amide bonds. The molecule has 0 spiro atoms. The van der Waals surface area contributed by atoms with Gasteiger partial charge in [0.05, 0.1) is 32.5 Å². The first-order valence-electron chi connectivity index (χ1n) is 5.98. The highest BCUT2D eigenvalue weighted by molar-refractivity contribution is 5.64. The Bertz CT molecular complexity index is 227. The van der Waals surface area contributed by atoms with E-state index in [-0.39, 0.29) is 18.1 Å². The predicted molar refractivity (Wildman–Crippen MR) is 67.4 cm³/mol. The number of ether oxygens (including phenoxy) is 4. The molecule has 108 valence electrons. The number of primary amides is 1. The van der Waals surface area contributed by atoms with E-state index in [9.17, 15) is 4.79 Å². The molecule has 1 unspecified atom stereocenters. The highest BCUT2D eigenvalue weighted by Crippen LogP contribution is 2.22. The van der Waals surface area contributed by atoms with Crippen LogP contribution in [0.15, 0.2) is 0 Å². The molecule has 2 N–H and O–H groups in total. The van der Waals surface area contributed by atoms with Gasteiger partial charge in [-0.1, -0.05) is 20.8 Å². The fourth-order valence-corrected chi connectivity index (χ4v) is 1.20. The van der Waals surface area contributed by atoms with Crippen LogP contribution in [0.5, 0.6) is 0 Å². The van der Waals surface area contributed by atoms with Crippen molar-refractivity contribution in [3.05, 3.63) is 0 Å². The quantitative estimate of drug-likeness (QED) is 0.632. The van der Waals surface area contributed by atoms with Crippen molar-refractivity contribution in [1.82, 2.24) is 0 Å². The van der Waals surface area contributed by atoms with Crippen molar-refractivity contribution in [1.29, 1.82) is 0 Å². The van der Waals surface area contributed by atoms with Crippen molar-refractivity contribution in [3.8, 4) is 0 Å². The van der Waals surface area contributed by atoms with Crippen LogP contribution < -0.4 is 5.73 Å². The Labute approximate surface area is 109 Å². The lowest BCUT2D eigenvalue weighted by atomic mass is 9.89. The van der Waals surface area contributed by atoms with Crippen LogP contribution in [0.2, 0.25) is 0 Å². The van der Waals surface area contributed by atoms with Gasteiger partial charge in [-0.25, -0.2) is 4.79 Å². The summed E-state index contributed by atoms with van der Waals surface area (Å²) in [6.45, 7) is 8.19. The van der Waals surface area contributed by atoms with E-state index >= 15 is 0 Å². The Balaban J connectivity index is 3.84. The van der Waals surface area contributed by atoms with Gasteiger partial charge in [0.25, 0.3) is 0 Å². The maximum absolute atomic E-state index is 10.6. The molecule has 0 bridgehead atoms. The van der Waals surface area contributed by atoms with E-state index in [4.69, 9.17) is 24.7 Å². The van der Waals surface area contributed by atoms with Crippen LogP contribution in [0.1, 0.15) is 20.8 Å². The zero-order chi connectivity index (χ0) is 14.0. The van der Waals surface area contributed by atoms with Crippen molar-refractivity contribution in [2.45, 2.75) is 26.9 Å². The molecule has 0 saturated carbocycles. The zero-order valence-electron chi connectivity index (χ0n) is 11.7. The molecule has 0 aliphatic heterocycles. The Kier molecular flexibility index (Phi) is 8.70. The minimum atomic E-state index is -0.788. The summed E-state index contributed by atoms with van der Waals surface area (Å²) in [4.78, 5) is 10.6. The number of hydrogen-bond donors (Lipinski definition) is 1. The predicted octanol–water partition coefficient (Wildman–Crippen LogP) is 1.18. The van der Waals surface area contributed by atoms with E-state index in [1.54, 1.807) is 7.11 Å². The lowest BCUT2D eigenvalue weighted by Gasteiger charge is -2.30. The van der Waals surface area contributed by atoms with E-state index in [0.29, 0.717) is 26.4 Å². The minimum absolute atomic E-state index is 0.137. The highest BCUT2D eigenvalue weighted by Gasteiger charge is 2.26. The first-order chi connectivity index (χ1) is 8.38. The van der Waals surface area contributed by atoms with Crippen LogP contribution in [0.25, 0.3) is 0 Å². The van der Waals surface area contributed by atoms with Crippen LogP contribution in [0, 0.1) is 5.41 Å². The fourth-order valence-electron chi connectivity index (χ4n) is 1.20. The number of rotatable bonds is 9. The van der Waals surface area contributed by atoms with Gasteiger partial charge < -0.3 is 24.7 Å². The van der Waals surface area contributed by atoms with Gasteiger partial charge in [-0.05, 0) is 5.41 Å². The molecule has 18 heavy (non-hydrogen) atoms. The molecule has 0 aromatic heterocycles. The number of nitrogens with two attached hydrogens (primary N) is 1. The molecule has 0 heterocycles. The average Bonchev–Trinajstić information content (AvgIpc) is 2.25. The van der Waals surface area contributed by atoms with Crippen molar-refractivity contribution >= 4 is 6.09 Å². The monoisotopic (exact) mass is 263 g/mol. The second-order valence-electron chi connectivity index (χ2n) is 4.96. The van der Waals surface area contributed by atoms with E-state index in [0.717, 1.165) is 0 Å². The topological polar surface area (TPSA) is 80.0 Å². The molecule has 0 rings (SSSR count). The second kappa shape index (κ2) is 9.13. The van der Waals surface area contributed by atoms with Gasteiger partial charge >= 0.3 is 6.09 Å². The first-order valence-corrected chi connectivity index (χ1v) is 5.98. The maximum atomic E-state index is 10.6. The molecule has 0 radical (unpaired) electrons. The van der Waals surface area contributed by atoms with Gasteiger partial charge in [-0.3, -0.25) is 0 Å². The third-order valence-corrected chi connectivity index (χ3v) is 2.32. The Morgan fingerprint density at radius 1 is 1.17 bits per heavy atom. The van der Waals surface area contributed by atoms with Crippen molar-refractivity contribution in [2.75, 3.05) is 40.1 Å². The van der Waals surface area contributed by atoms with E-state index in [1.165, 1.54) is 0 Å². The number of amides is 1. The maximum Gasteiger partial charge on any atom is 0.404 e. The fraction of sp³-hybridized carbons (Fsp3) is 0.917. The summed E-state index contributed by atoms with van der Waals surface area (Å²) in [6.07, 6.45) is -1.000. The van der Waals surface area contributed by atoms with Gasteiger partial charge in [0, 0.05) is 7.11 Å². The summed E-state index contributed by atoms with van der Waals surface area (Å²) in [7, 11) is 1.62. The number of carbonyl (C=O) groups excluding carboxylic acids is 1. The highest BCUT2D eigenvalue weighted by atomic mass is 16.6. The summed E-state index contributed by atoms with van der Waals surface area (Å²) in [5.74, 6) is 0. The van der Waals surface area contributed by atoms with Crippen LogP contribution in [-0.2, 0) is 18.9 Å². The van der Waals surface area contributed by atoms with Crippen molar-refractivity contribution in [3.63, 3.8) is 0 Å². The van der Waals surface area contributed by atoms with E-state index in [1.807, 2.05) is 20.8 Å². The second-order valence-corrected chi connectivity index (χ2v) is 4.96. The zero-order valence-corrected chi connectivity index (χ0v) is 11.7. The molecule has 0 aromatic carbocycles. The van der Waals surface area contributed by atoms with Crippen LogP contribution >= 0.6 is 0 Å². The summed E-state index contributed by atoms with van der Waals surface area (Å²) < 4.78 is 20.5. The number of hydrogen-bond acceptors (Lipinski definition) is 5. The Hall–Kier alpha value is -0.850. The minimum Gasteiger partial charge on any atom is -0.447 e. The lowest BCUT2D eigenvalue weighted by Crippen LogP contribution is -2.36. The van der Waals surface area contributed by atoms with Crippen molar-refractivity contribution < 1.29 is 23.7 Å². The smallest absolute Gasteiger partial charge is 0.404 e. The van der Waals surface area contributed by atoms with Crippen molar-refractivity contribution in [2.24, 2.45) is 11.1 Å². The van der Waals surface area contributed by atoms with Gasteiger partial charge in [-0.2, -0.15) is 0 Å². The Morgan fingerprint density at radius 2 is 1.78 bits per heavy atom. The van der Waals surface area contributed by atoms with Crippen LogP contribution in [0.3, 0.4) is 0 Å². The SMILES string of the molecule is COCCOCCOC(COC(N)=O)C(C)(C)C. The average molecular weight is 263 g/mol. The van der Waals surface area contributed by atoms with Crippen LogP contribution in [0.4, 0.5) is 4.79 Å². The molecule has 0 aliphatic carbocycles.